The Labute approximate surface area is 80.7 Å². The molecular weight excluding hydrogens is 166 g/mol. The monoisotopic (exact) mass is 187 g/mol. The van der Waals surface area contributed by atoms with Crippen molar-refractivity contribution in [2.75, 3.05) is 18.6 Å². The fraction of sp³-hybridized carbons (Fsp3) is 1.00. The maximum absolute atomic E-state index is 3.60. The highest BCUT2D eigenvalue weighted by atomic mass is 32.2. The lowest BCUT2D eigenvalue weighted by Crippen LogP contribution is -2.33. The quantitative estimate of drug-likeness (QED) is 0.664. The molecule has 1 unspecified atom stereocenters. The minimum atomic E-state index is 0.750. The van der Waals surface area contributed by atoms with E-state index in [-0.39, 0.29) is 0 Å². The van der Waals surface area contributed by atoms with Crippen molar-refractivity contribution in [3.05, 3.63) is 0 Å². The molecule has 1 fully saturated rings. The second-order valence-corrected chi connectivity index (χ2v) is 4.77. The van der Waals surface area contributed by atoms with Crippen LogP contribution >= 0.6 is 11.8 Å². The molecule has 1 rings (SSSR count). The van der Waals surface area contributed by atoms with Gasteiger partial charge in [0.15, 0.2) is 0 Å². The Morgan fingerprint density at radius 3 is 2.67 bits per heavy atom. The summed E-state index contributed by atoms with van der Waals surface area (Å²) in [6.07, 6.45) is 7.99. The highest BCUT2D eigenvalue weighted by Gasteiger charge is 2.20. The molecule has 0 bridgehead atoms. The maximum Gasteiger partial charge on any atom is 0.00673 e. The summed E-state index contributed by atoms with van der Waals surface area (Å²) >= 11 is 1.92. The third-order valence-electron chi connectivity index (χ3n) is 2.88. The van der Waals surface area contributed by atoms with Crippen LogP contribution in [0.25, 0.3) is 0 Å². The van der Waals surface area contributed by atoms with Crippen LogP contribution in [-0.2, 0) is 0 Å². The van der Waals surface area contributed by atoms with Crippen molar-refractivity contribution in [1.29, 1.82) is 0 Å². The molecule has 0 spiro atoms. The average molecular weight is 187 g/mol. The molecule has 2 heteroatoms. The van der Waals surface area contributed by atoms with E-state index in [0.29, 0.717) is 0 Å². The Bertz CT molecular complexity index is 110. The van der Waals surface area contributed by atoms with Crippen molar-refractivity contribution in [3.8, 4) is 0 Å². The van der Waals surface area contributed by atoms with Crippen LogP contribution in [0.5, 0.6) is 0 Å². The summed E-state index contributed by atoms with van der Waals surface area (Å²) in [7, 11) is 0. The molecule has 1 saturated carbocycles. The minimum absolute atomic E-state index is 0.750. The first kappa shape index (κ1) is 10.4. The van der Waals surface area contributed by atoms with E-state index < -0.39 is 0 Å². The van der Waals surface area contributed by atoms with E-state index in [9.17, 15) is 0 Å². The predicted molar refractivity (Wildman–Crippen MR) is 57.8 cm³/mol. The Hall–Kier alpha value is 0.310. The Morgan fingerprint density at radius 1 is 1.42 bits per heavy atom. The molecule has 1 aliphatic rings. The lowest BCUT2D eigenvalue weighted by molar-refractivity contribution is 0.390. The predicted octanol–water partition coefficient (Wildman–Crippen LogP) is 2.52. The number of hydrogen-bond donors (Lipinski definition) is 1. The van der Waals surface area contributed by atoms with Gasteiger partial charge in [-0.25, -0.2) is 0 Å². The summed E-state index contributed by atoms with van der Waals surface area (Å²) in [5, 5.41) is 3.60. The smallest absolute Gasteiger partial charge is 0.00673 e. The van der Waals surface area contributed by atoms with Crippen molar-refractivity contribution >= 4 is 11.8 Å². The van der Waals surface area contributed by atoms with Crippen LogP contribution in [0, 0.1) is 5.92 Å². The molecule has 0 aromatic heterocycles. The molecule has 12 heavy (non-hydrogen) atoms. The van der Waals surface area contributed by atoms with Gasteiger partial charge in [-0.2, -0.15) is 11.8 Å². The van der Waals surface area contributed by atoms with Crippen LogP contribution in [0.4, 0.5) is 0 Å². The summed E-state index contributed by atoms with van der Waals surface area (Å²) in [5.41, 5.74) is 0. The first-order chi connectivity index (χ1) is 5.84. The van der Waals surface area contributed by atoms with Gasteiger partial charge in [0, 0.05) is 18.3 Å². The highest BCUT2D eigenvalue weighted by molar-refractivity contribution is 7.98. The first-order valence-corrected chi connectivity index (χ1v) is 6.46. The Morgan fingerprint density at radius 2 is 2.08 bits per heavy atom. The molecule has 0 aliphatic heterocycles. The molecular formula is C10H21NS. The van der Waals surface area contributed by atoms with E-state index in [2.05, 4.69) is 18.5 Å². The lowest BCUT2D eigenvalue weighted by atomic mass is 10.00. The van der Waals surface area contributed by atoms with Crippen molar-refractivity contribution in [1.82, 2.24) is 5.32 Å². The van der Waals surface area contributed by atoms with Gasteiger partial charge in [0.2, 0.25) is 0 Å². The largest absolute Gasteiger partial charge is 0.313 e. The normalized spacial score (nSPS) is 21.5. The van der Waals surface area contributed by atoms with E-state index in [1.165, 1.54) is 38.0 Å². The maximum atomic E-state index is 3.60. The molecule has 1 atom stereocenters. The van der Waals surface area contributed by atoms with Gasteiger partial charge >= 0.3 is 0 Å². The second-order valence-electron chi connectivity index (χ2n) is 3.78. The first-order valence-electron chi connectivity index (χ1n) is 5.07. The molecule has 0 saturated heterocycles. The van der Waals surface area contributed by atoms with Crippen molar-refractivity contribution in [3.63, 3.8) is 0 Å². The van der Waals surface area contributed by atoms with Crippen LogP contribution in [0.2, 0.25) is 0 Å². The molecule has 0 radical (unpaired) electrons. The Kier molecular flexibility index (Phi) is 5.08. The average Bonchev–Trinajstić information content (AvgIpc) is 2.56. The third-order valence-corrected chi connectivity index (χ3v) is 3.49. The van der Waals surface area contributed by atoms with Crippen molar-refractivity contribution in [2.24, 2.45) is 5.92 Å². The van der Waals surface area contributed by atoms with Gasteiger partial charge in [-0.15, -0.1) is 0 Å². The van der Waals surface area contributed by atoms with E-state index in [0.717, 1.165) is 12.0 Å². The molecule has 0 aromatic carbocycles. The zero-order chi connectivity index (χ0) is 8.81. The molecule has 72 valence electrons. The third kappa shape index (κ3) is 3.36. The number of thioether (sulfide) groups is 1. The topological polar surface area (TPSA) is 12.0 Å². The van der Waals surface area contributed by atoms with Crippen molar-refractivity contribution in [2.45, 2.75) is 38.6 Å². The summed E-state index contributed by atoms with van der Waals surface area (Å²) < 4.78 is 0. The standard InChI is InChI=1S/C10H21NS/c1-9(11-7-8-12-2)10-5-3-4-6-10/h9-11H,3-8H2,1-2H3. The number of rotatable bonds is 5. The van der Waals surface area contributed by atoms with Gasteiger partial charge in [-0.1, -0.05) is 12.8 Å². The van der Waals surface area contributed by atoms with Gasteiger partial charge in [0.1, 0.15) is 0 Å². The van der Waals surface area contributed by atoms with E-state index >= 15 is 0 Å². The minimum Gasteiger partial charge on any atom is -0.313 e. The second kappa shape index (κ2) is 5.87. The van der Waals surface area contributed by atoms with Crippen LogP contribution in [0.15, 0.2) is 0 Å². The van der Waals surface area contributed by atoms with Crippen LogP contribution in [-0.4, -0.2) is 24.6 Å². The van der Waals surface area contributed by atoms with Gasteiger partial charge < -0.3 is 5.32 Å². The van der Waals surface area contributed by atoms with Crippen LogP contribution in [0.3, 0.4) is 0 Å². The molecule has 0 amide bonds. The van der Waals surface area contributed by atoms with Gasteiger partial charge in [-0.3, -0.25) is 0 Å². The summed E-state index contributed by atoms with van der Waals surface area (Å²) in [5.74, 6) is 2.21. The van der Waals surface area contributed by atoms with E-state index in [1.807, 2.05) is 11.8 Å². The fourth-order valence-corrected chi connectivity index (χ4v) is 2.33. The summed E-state index contributed by atoms with van der Waals surface area (Å²) in [6, 6.07) is 0.750. The van der Waals surface area contributed by atoms with Crippen LogP contribution < -0.4 is 5.32 Å². The number of nitrogens with one attached hydrogen (secondary N) is 1. The van der Waals surface area contributed by atoms with E-state index in [1.54, 1.807) is 0 Å². The Balaban J connectivity index is 2.05. The van der Waals surface area contributed by atoms with Gasteiger partial charge in [0.05, 0.1) is 0 Å². The summed E-state index contributed by atoms with van der Waals surface area (Å²) in [6.45, 7) is 3.52. The zero-order valence-electron chi connectivity index (χ0n) is 8.31. The SMILES string of the molecule is CSCCNC(C)C1CCCC1. The summed E-state index contributed by atoms with van der Waals surface area (Å²) in [4.78, 5) is 0. The molecule has 1 aliphatic carbocycles. The molecule has 1 N–H and O–H groups in total. The number of hydrogen-bond acceptors (Lipinski definition) is 2. The zero-order valence-corrected chi connectivity index (χ0v) is 9.12. The van der Waals surface area contributed by atoms with Gasteiger partial charge in [-0.05, 0) is 31.9 Å². The molecule has 0 aromatic rings. The lowest BCUT2D eigenvalue weighted by Gasteiger charge is -2.19. The highest BCUT2D eigenvalue weighted by Crippen LogP contribution is 2.27. The van der Waals surface area contributed by atoms with Gasteiger partial charge in [0.25, 0.3) is 0 Å². The molecule has 0 heterocycles. The molecule has 1 nitrogen and oxygen atoms in total. The van der Waals surface area contributed by atoms with Crippen LogP contribution in [0.1, 0.15) is 32.6 Å². The van der Waals surface area contributed by atoms with Crippen molar-refractivity contribution < 1.29 is 0 Å². The fourth-order valence-electron chi connectivity index (χ4n) is 2.01. The van der Waals surface area contributed by atoms with E-state index in [4.69, 9.17) is 0 Å².